The number of nitrogens with zero attached hydrogens (tertiary/aromatic N) is 1. The van der Waals surface area contributed by atoms with E-state index in [0.29, 0.717) is 11.3 Å². The average Bonchev–Trinajstić information content (AvgIpc) is 3.32. The molecule has 3 aromatic rings. The van der Waals surface area contributed by atoms with Gasteiger partial charge in [0, 0.05) is 5.38 Å². The van der Waals surface area contributed by atoms with Gasteiger partial charge in [-0.25, -0.2) is 4.39 Å². The van der Waals surface area contributed by atoms with Crippen molar-refractivity contribution in [3.05, 3.63) is 64.4 Å². The summed E-state index contributed by atoms with van der Waals surface area (Å²) in [4.78, 5) is 27.8. The van der Waals surface area contributed by atoms with Gasteiger partial charge in [-0.3, -0.25) is 14.9 Å². The highest BCUT2D eigenvalue weighted by Crippen LogP contribution is 2.12. The Morgan fingerprint density at radius 1 is 1.19 bits per heavy atom. The zero-order valence-corrected chi connectivity index (χ0v) is 14.2. The van der Waals surface area contributed by atoms with Gasteiger partial charge in [0.15, 0.2) is 5.69 Å². The summed E-state index contributed by atoms with van der Waals surface area (Å²) in [5.41, 5.74) is 0.518. The number of nitrogens with one attached hydrogen (secondary N) is 2. The van der Waals surface area contributed by atoms with E-state index in [-0.39, 0.29) is 36.6 Å². The molecule has 9 heteroatoms. The van der Waals surface area contributed by atoms with Crippen LogP contribution in [-0.4, -0.2) is 29.9 Å². The maximum atomic E-state index is 12.8. The minimum atomic E-state index is -0.465. The molecule has 0 aliphatic carbocycles. The van der Waals surface area contributed by atoms with E-state index in [1.807, 2.05) is 0 Å². The minimum Gasteiger partial charge on any atom is -0.492 e. The molecular weight excluding hydrogens is 361 g/mol. The molecule has 2 aromatic heterocycles. The summed E-state index contributed by atoms with van der Waals surface area (Å²) in [5.74, 6) is -0.681. The Morgan fingerprint density at radius 2 is 2.00 bits per heavy atom. The van der Waals surface area contributed by atoms with Crippen LogP contribution in [0.25, 0.3) is 0 Å². The van der Waals surface area contributed by atoms with Crippen molar-refractivity contribution < 1.29 is 23.1 Å². The molecule has 0 unspecified atom stereocenters. The van der Waals surface area contributed by atoms with Crippen LogP contribution in [0.15, 0.2) is 51.8 Å². The maximum absolute atomic E-state index is 12.8. The summed E-state index contributed by atoms with van der Waals surface area (Å²) in [6, 6.07) is 7.17. The highest BCUT2D eigenvalue weighted by molar-refractivity contribution is 7.08. The van der Waals surface area contributed by atoms with Crippen molar-refractivity contribution in [3.8, 4) is 5.75 Å². The average molecular weight is 375 g/mol. The monoisotopic (exact) mass is 375 g/mol. The minimum absolute atomic E-state index is 0.0346. The molecule has 2 N–H and O–H groups in total. The van der Waals surface area contributed by atoms with Crippen LogP contribution in [0.3, 0.4) is 0 Å². The van der Waals surface area contributed by atoms with Gasteiger partial charge >= 0.3 is 6.01 Å². The van der Waals surface area contributed by atoms with E-state index in [4.69, 9.17) is 9.15 Å². The van der Waals surface area contributed by atoms with E-state index < -0.39 is 5.91 Å². The number of ether oxygens (including phenoxy) is 1. The summed E-state index contributed by atoms with van der Waals surface area (Å²) >= 11 is 1.39. The number of aromatic nitrogens is 1. The standard InChI is InChI=1S/C17H14FN3O4S/c18-12-1-3-13(4-2-12)24-7-6-19-16(23)14-9-25-17(20-14)21-15(22)11-5-8-26-10-11/h1-5,8-10H,6-7H2,(H,19,23)(H,20,21,22). The fraction of sp³-hybridized carbons (Fsp3) is 0.118. The van der Waals surface area contributed by atoms with E-state index in [1.54, 1.807) is 16.8 Å². The predicted molar refractivity (Wildman–Crippen MR) is 93.0 cm³/mol. The van der Waals surface area contributed by atoms with Gasteiger partial charge in [0.25, 0.3) is 11.8 Å². The smallest absolute Gasteiger partial charge is 0.302 e. The van der Waals surface area contributed by atoms with Crippen LogP contribution in [0.2, 0.25) is 0 Å². The summed E-state index contributed by atoms with van der Waals surface area (Å²) < 4.78 is 23.2. The largest absolute Gasteiger partial charge is 0.492 e. The number of anilines is 1. The van der Waals surface area contributed by atoms with Crippen LogP contribution in [0.1, 0.15) is 20.8 Å². The van der Waals surface area contributed by atoms with Crippen molar-refractivity contribution in [2.75, 3.05) is 18.5 Å². The molecule has 0 fully saturated rings. The number of thiophene rings is 1. The first-order chi connectivity index (χ1) is 12.6. The molecule has 0 aliphatic heterocycles. The first kappa shape index (κ1) is 17.6. The van der Waals surface area contributed by atoms with Gasteiger partial charge in [-0.1, -0.05) is 0 Å². The molecule has 7 nitrogen and oxygen atoms in total. The SMILES string of the molecule is O=C(Nc1nc(C(=O)NCCOc2ccc(F)cc2)co1)c1ccsc1. The Kier molecular flexibility index (Phi) is 5.59. The van der Waals surface area contributed by atoms with Gasteiger partial charge in [-0.2, -0.15) is 16.3 Å². The van der Waals surface area contributed by atoms with Crippen LogP contribution in [-0.2, 0) is 0 Å². The molecule has 0 atom stereocenters. The lowest BCUT2D eigenvalue weighted by Gasteiger charge is -2.06. The molecular formula is C17H14FN3O4S. The molecule has 0 saturated carbocycles. The van der Waals surface area contributed by atoms with Crippen molar-refractivity contribution in [3.63, 3.8) is 0 Å². The normalized spacial score (nSPS) is 10.3. The number of rotatable bonds is 7. The van der Waals surface area contributed by atoms with Gasteiger partial charge in [-0.15, -0.1) is 0 Å². The van der Waals surface area contributed by atoms with E-state index in [2.05, 4.69) is 15.6 Å². The van der Waals surface area contributed by atoms with E-state index >= 15 is 0 Å². The molecule has 2 heterocycles. The second kappa shape index (κ2) is 8.26. The lowest BCUT2D eigenvalue weighted by Crippen LogP contribution is -2.28. The first-order valence-corrected chi connectivity index (χ1v) is 8.52. The van der Waals surface area contributed by atoms with Crippen LogP contribution in [0, 0.1) is 5.82 Å². The van der Waals surface area contributed by atoms with E-state index in [0.717, 1.165) is 6.26 Å². The molecule has 2 amide bonds. The van der Waals surface area contributed by atoms with Gasteiger partial charge in [0.05, 0.1) is 12.1 Å². The summed E-state index contributed by atoms with van der Waals surface area (Å²) in [7, 11) is 0. The fourth-order valence-corrected chi connectivity index (χ4v) is 2.59. The number of oxazole rings is 1. The molecule has 0 aliphatic rings. The lowest BCUT2D eigenvalue weighted by atomic mass is 10.3. The van der Waals surface area contributed by atoms with Crippen molar-refractivity contribution in [2.45, 2.75) is 0 Å². The van der Waals surface area contributed by atoms with Gasteiger partial charge in [-0.05, 0) is 35.7 Å². The van der Waals surface area contributed by atoms with E-state index in [1.165, 1.54) is 35.6 Å². The Bertz CT molecular complexity index is 878. The predicted octanol–water partition coefficient (Wildman–Crippen LogP) is 2.94. The molecule has 134 valence electrons. The molecule has 0 bridgehead atoms. The molecule has 0 radical (unpaired) electrons. The molecule has 0 spiro atoms. The third-order valence-electron chi connectivity index (χ3n) is 3.21. The van der Waals surface area contributed by atoms with Crippen molar-refractivity contribution in [1.82, 2.24) is 10.3 Å². The number of amides is 2. The molecule has 3 rings (SSSR count). The number of benzene rings is 1. The van der Waals surface area contributed by atoms with Crippen molar-refractivity contribution >= 4 is 29.2 Å². The Balaban J connectivity index is 1.44. The van der Waals surface area contributed by atoms with Crippen LogP contribution >= 0.6 is 11.3 Å². The highest BCUT2D eigenvalue weighted by atomic mass is 32.1. The number of halogens is 1. The second-order valence-electron chi connectivity index (χ2n) is 5.06. The van der Waals surface area contributed by atoms with Crippen LogP contribution < -0.4 is 15.4 Å². The highest BCUT2D eigenvalue weighted by Gasteiger charge is 2.14. The fourth-order valence-electron chi connectivity index (χ4n) is 1.95. The lowest BCUT2D eigenvalue weighted by molar-refractivity contribution is 0.0941. The molecule has 26 heavy (non-hydrogen) atoms. The summed E-state index contributed by atoms with van der Waals surface area (Å²) in [5, 5.41) is 8.53. The summed E-state index contributed by atoms with van der Waals surface area (Å²) in [6.45, 7) is 0.427. The number of carbonyl (C=O) groups excluding carboxylic acids is 2. The Labute approximate surface area is 151 Å². The zero-order chi connectivity index (χ0) is 18.4. The maximum Gasteiger partial charge on any atom is 0.302 e. The Morgan fingerprint density at radius 3 is 2.73 bits per heavy atom. The Hall–Kier alpha value is -3.20. The zero-order valence-electron chi connectivity index (χ0n) is 13.4. The second-order valence-corrected chi connectivity index (χ2v) is 5.84. The first-order valence-electron chi connectivity index (χ1n) is 7.57. The van der Waals surface area contributed by atoms with Crippen molar-refractivity contribution in [1.29, 1.82) is 0 Å². The summed E-state index contributed by atoms with van der Waals surface area (Å²) in [6.07, 6.45) is 1.15. The topological polar surface area (TPSA) is 93.5 Å². The van der Waals surface area contributed by atoms with Gasteiger partial charge in [0.1, 0.15) is 24.4 Å². The van der Waals surface area contributed by atoms with Gasteiger partial charge in [0.2, 0.25) is 0 Å². The molecule has 0 saturated heterocycles. The third kappa shape index (κ3) is 4.67. The number of hydrogen-bond donors (Lipinski definition) is 2. The number of carbonyl (C=O) groups is 2. The van der Waals surface area contributed by atoms with Crippen LogP contribution in [0.5, 0.6) is 5.75 Å². The molecule has 1 aromatic carbocycles. The van der Waals surface area contributed by atoms with Crippen molar-refractivity contribution in [2.24, 2.45) is 0 Å². The van der Waals surface area contributed by atoms with E-state index in [9.17, 15) is 14.0 Å². The third-order valence-corrected chi connectivity index (χ3v) is 3.89. The number of hydrogen-bond acceptors (Lipinski definition) is 6. The van der Waals surface area contributed by atoms with Crippen LogP contribution in [0.4, 0.5) is 10.4 Å². The van der Waals surface area contributed by atoms with Gasteiger partial charge < -0.3 is 14.5 Å². The quantitative estimate of drug-likeness (QED) is 0.620.